The van der Waals surface area contributed by atoms with Gasteiger partial charge in [-0.15, -0.1) is 0 Å². The van der Waals surface area contributed by atoms with Gasteiger partial charge in [0.2, 0.25) is 11.8 Å². The molecule has 0 aliphatic rings. The molecule has 1 N–H and O–H groups in total. The van der Waals surface area contributed by atoms with Crippen LogP contribution in [0.3, 0.4) is 0 Å². The van der Waals surface area contributed by atoms with Crippen LogP contribution in [0.4, 0.5) is 14.7 Å². The molecule has 4 rings (SSSR count). The minimum atomic E-state index is -1.02. The number of rotatable bonds is 5. The lowest BCUT2D eigenvalue weighted by Gasteiger charge is -2.06. The van der Waals surface area contributed by atoms with Crippen molar-refractivity contribution in [2.45, 2.75) is 6.42 Å². The van der Waals surface area contributed by atoms with Crippen molar-refractivity contribution in [1.29, 1.82) is 0 Å². The molecule has 0 aliphatic heterocycles. The van der Waals surface area contributed by atoms with Crippen molar-refractivity contribution in [3.05, 3.63) is 84.3 Å². The van der Waals surface area contributed by atoms with Crippen LogP contribution in [0, 0.1) is 11.6 Å². The van der Waals surface area contributed by atoms with E-state index >= 15 is 0 Å². The molecule has 0 radical (unpaired) electrons. The van der Waals surface area contributed by atoms with E-state index in [1.165, 1.54) is 18.6 Å². The third kappa shape index (κ3) is 4.01. The van der Waals surface area contributed by atoms with Gasteiger partial charge >= 0.3 is 0 Å². The van der Waals surface area contributed by atoms with Gasteiger partial charge in [-0.1, -0.05) is 35.5 Å². The van der Waals surface area contributed by atoms with Gasteiger partial charge in [-0.25, -0.2) is 18.7 Å². The minimum Gasteiger partial charge on any atom is -0.337 e. The number of hydrogen-bond donors (Lipinski definition) is 1. The Labute approximate surface area is 164 Å². The predicted molar refractivity (Wildman–Crippen MR) is 102 cm³/mol. The van der Waals surface area contributed by atoms with Crippen LogP contribution in [0.15, 0.2) is 71.6 Å². The summed E-state index contributed by atoms with van der Waals surface area (Å²) in [5.41, 5.74) is 2.09. The van der Waals surface area contributed by atoms with Gasteiger partial charge in [0, 0.05) is 11.8 Å². The summed E-state index contributed by atoms with van der Waals surface area (Å²) in [6, 6.07) is 14.2. The van der Waals surface area contributed by atoms with Crippen LogP contribution in [0.25, 0.3) is 22.5 Å². The van der Waals surface area contributed by atoms with Crippen molar-refractivity contribution in [1.82, 2.24) is 15.1 Å². The molecular formula is C21H14F2N4O2. The number of nitrogens with zero attached hydrogens (tertiary/aromatic N) is 3. The number of hydrogen-bond acceptors (Lipinski definition) is 5. The van der Waals surface area contributed by atoms with Gasteiger partial charge in [0.05, 0.1) is 17.7 Å². The molecule has 29 heavy (non-hydrogen) atoms. The van der Waals surface area contributed by atoms with Crippen LogP contribution in [0.1, 0.15) is 5.56 Å². The number of halogens is 2. The fraction of sp³-hybridized carbons (Fsp3) is 0.0476. The molecule has 0 atom stereocenters. The van der Waals surface area contributed by atoms with Gasteiger partial charge < -0.3 is 4.52 Å². The molecule has 2 aromatic heterocycles. The second kappa shape index (κ2) is 7.97. The van der Waals surface area contributed by atoms with Crippen LogP contribution in [-0.2, 0) is 11.2 Å². The van der Waals surface area contributed by atoms with Crippen molar-refractivity contribution >= 4 is 11.8 Å². The molecule has 144 valence electrons. The number of carbonyl (C=O) groups excluding carboxylic acids is 1. The summed E-state index contributed by atoms with van der Waals surface area (Å²) in [6.07, 6.45) is 2.97. The Morgan fingerprint density at radius 1 is 1.03 bits per heavy atom. The third-order valence-electron chi connectivity index (χ3n) is 4.18. The Morgan fingerprint density at radius 3 is 2.59 bits per heavy atom. The van der Waals surface area contributed by atoms with E-state index in [-0.39, 0.29) is 29.5 Å². The number of anilines is 1. The van der Waals surface area contributed by atoms with Crippen LogP contribution < -0.4 is 5.32 Å². The summed E-state index contributed by atoms with van der Waals surface area (Å²) in [5.74, 6) is -2.25. The first-order valence-electron chi connectivity index (χ1n) is 8.67. The molecular weight excluding hydrogens is 378 g/mol. The summed E-state index contributed by atoms with van der Waals surface area (Å²) in [6.45, 7) is 0. The fourth-order valence-corrected chi connectivity index (χ4v) is 2.84. The van der Waals surface area contributed by atoms with Crippen molar-refractivity contribution in [2.24, 2.45) is 0 Å². The van der Waals surface area contributed by atoms with Crippen molar-refractivity contribution in [2.75, 3.05) is 5.32 Å². The Morgan fingerprint density at radius 2 is 1.86 bits per heavy atom. The molecule has 0 unspecified atom stereocenters. The smallest absolute Gasteiger partial charge is 0.241 e. The monoisotopic (exact) mass is 392 g/mol. The van der Waals surface area contributed by atoms with E-state index in [0.717, 1.165) is 17.7 Å². The Kier molecular flexibility index (Phi) is 5.07. The Balaban J connectivity index is 1.71. The van der Waals surface area contributed by atoms with Crippen LogP contribution in [0.5, 0.6) is 0 Å². The summed E-state index contributed by atoms with van der Waals surface area (Å²) in [5, 5.41) is 6.63. The van der Waals surface area contributed by atoms with Gasteiger partial charge in [-0.05, 0) is 29.8 Å². The Bertz CT molecular complexity index is 1150. The second-order valence-electron chi connectivity index (χ2n) is 6.17. The summed E-state index contributed by atoms with van der Waals surface area (Å²) < 4.78 is 32.4. The van der Waals surface area contributed by atoms with Crippen LogP contribution in [0.2, 0.25) is 0 Å². The van der Waals surface area contributed by atoms with Crippen molar-refractivity contribution in [3.63, 3.8) is 0 Å². The molecule has 2 aromatic carbocycles. The molecule has 0 aliphatic carbocycles. The largest absolute Gasteiger partial charge is 0.337 e. The van der Waals surface area contributed by atoms with E-state index in [0.29, 0.717) is 11.3 Å². The van der Waals surface area contributed by atoms with Gasteiger partial charge in [-0.3, -0.25) is 10.1 Å². The average molecular weight is 392 g/mol. The second-order valence-corrected chi connectivity index (χ2v) is 6.17. The number of carbonyl (C=O) groups is 1. The van der Waals surface area contributed by atoms with Crippen LogP contribution in [-0.4, -0.2) is 21.0 Å². The standard InChI is InChI=1S/C21H14F2N4O2/c22-15-7-6-14(11-16(15)23)20-19(17-8-9-24-12-25-17)21(29-27-20)26-18(28)10-13-4-2-1-3-5-13/h1-9,11-12H,10H2,(H,26,28). The van der Waals surface area contributed by atoms with E-state index in [1.807, 2.05) is 30.3 Å². The number of nitrogens with one attached hydrogen (secondary N) is 1. The molecule has 0 bridgehead atoms. The maximum Gasteiger partial charge on any atom is 0.241 e. The first kappa shape index (κ1) is 18.4. The fourth-order valence-electron chi connectivity index (χ4n) is 2.84. The summed E-state index contributed by atoms with van der Waals surface area (Å²) in [4.78, 5) is 20.5. The van der Waals surface area contributed by atoms with Gasteiger partial charge in [0.15, 0.2) is 11.6 Å². The molecule has 0 fully saturated rings. The highest BCUT2D eigenvalue weighted by molar-refractivity contribution is 5.97. The highest BCUT2D eigenvalue weighted by Gasteiger charge is 2.23. The lowest BCUT2D eigenvalue weighted by Crippen LogP contribution is -2.14. The summed E-state index contributed by atoms with van der Waals surface area (Å²) in [7, 11) is 0. The quantitative estimate of drug-likeness (QED) is 0.549. The molecule has 6 nitrogen and oxygen atoms in total. The lowest BCUT2D eigenvalue weighted by molar-refractivity contribution is -0.115. The molecule has 2 heterocycles. The maximum absolute atomic E-state index is 13.7. The van der Waals surface area contributed by atoms with E-state index in [4.69, 9.17) is 4.52 Å². The number of aromatic nitrogens is 3. The van der Waals surface area contributed by atoms with Gasteiger partial charge in [-0.2, -0.15) is 0 Å². The highest BCUT2D eigenvalue weighted by atomic mass is 19.2. The van der Waals surface area contributed by atoms with Crippen molar-refractivity contribution < 1.29 is 18.1 Å². The molecule has 8 heteroatoms. The van der Waals surface area contributed by atoms with E-state index in [1.54, 1.807) is 6.07 Å². The molecule has 0 spiro atoms. The zero-order valence-electron chi connectivity index (χ0n) is 15.0. The van der Waals surface area contributed by atoms with E-state index < -0.39 is 11.6 Å². The SMILES string of the molecule is O=C(Cc1ccccc1)Nc1onc(-c2ccc(F)c(F)c2)c1-c1ccncn1. The lowest BCUT2D eigenvalue weighted by atomic mass is 10.0. The molecule has 4 aromatic rings. The normalized spacial score (nSPS) is 10.7. The zero-order valence-corrected chi connectivity index (χ0v) is 15.0. The minimum absolute atomic E-state index is 0.0596. The third-order valence-corrected chi connectivity index (χ3v) is 4.18. The zero-order chi connectivity index (χ0) is 20.2. The molecule has 0 saturated heterocycles. The molecule has 1 amide bonds. The first-order valence-corrected chi connectivity index (χ1v) is 8.67. The van der Waals surface area contributed by atoms with E-state index in [2.05, 4.69) is 20.4 Å². The number of amides is 1. The molecule has 0 saturated carbocycles. The Hall–Kier alpha value is -3.94. The summed E-state index contributed by atoms with van der Waals surface area (Å²) >= 11 is 0. The van der Waals surface area contributed by atoms with Crippen LogP contribution >= 0.6 is 0 Å². The number of benzene rings is 2. The van der Waals surface area contributed by atoms with Crippen molar-refractivity contribution in [3.8, 4) is 22.5 Å². The van der Waals surface area contributed by atoms with Gasteiger partial charge in [0.25, 0.3) is 0 Å². The topological polar surface area (TPSA) is 80.9 Å². The van der Waals surface area contributed by atoms with Gasteiger partial charge in [0.1, 0.15) is 12.0 Å². The maximum atomic E-state index is 13.7. The van der Waals surface area contributed by atoms with E-state index in [9.17, 15) is 13.6 Å². The highest BCUT2D eigenvalue weighted by Crippen LogP contribution is 2.37. The average Bonchev–Trinajstić information content (AvgIpc) is 3.14. The first-order chi connectivity index (χ1) is 14.1. The predicted octanol–water partition coefficient (Wildman–Crippen LogP) is 4.26.